The van der Waals surface area contributed by atoms with Crippen molar-refractivity contribution in [2.45, 2.75) is 24.5 Å². The smallest absolute Gasteiger partial charge is 0.266 e. The number of benzene rings is 1. The van der Waals surface area contributed by atoms with Crippen LogP contribution in [0, 0.1) is 0 Å². The molecule has 0 aliphatic heterocycles. The summed E-state index contributed by atoms with van der Waals surface area (Å²) in [6, 6.07) is 9.70. The number of ketones is 1. The molecule has 0 fully saturated rings. The molecule has 0 atom stereocenters. The van der Waals surface area contributed by atoms with E-state index in [1.807, 2.05) is 30.3 Å². The Kier molecular flexibility index (Phi) is 4.29. The number of hydrogen-bond acceptors (Lipinski definition) is 5. The van der Waals surface area contributed by atoms with Crippen LogP contribution in [0.3, 0.4) is 0 Å². The Morgan fingerprint density at radius 3 is 2.55 bits per heavy atom. The van der Waals surface area contributed by atoms with Gasteiger partial charge in [-0.1, -0.05) is 30.3 Å². The molecule has 0 bridgehead atoms. The number of aromatic nitrogens is 3. The van der Waals surface area contributed by atoms with Crippen molar-refractivity contribution < 1.29 is 13.2 Å². The number of nitrogens with zero attached hydrogens (tertiary/aromatic N) is 3. The third-order valence-electron chi connectivity index (χ3n) is 2.72. The molecule has 0 saturated heterocycles. The van der Waals surface area contributed by atoms with Gasteiger partial charge in [-0.3, -0.25) is 4.79 Å². The fourth-order valence-electron chi connectivity index (χ4n) is 1.71. The van der Waals surface area contributed by atoms with Crippen LogP contribution in [-0.4, -0.2) is 35.2 Å². The lowest BCUT2D eigenvalue weighted by Gasteiger charge is -2.01. The van der Waals surface area contributed by atoms with E-state index in [2.05, 4.69) is 10.1 Å². The van der Waals surface area contributed by atoms with Gasteiger partial charge >= 0.3 is 0 Å². The van der Waals surface area contributed by atoms with Gasteiger partial charge in [0.25, 0.3) is 5.16 Å². The van der Waals surface area contributed by atoms with Crippen LogP contribution in [0.15, 0.2) is 41.8 Å². The molecule has 0 aliphatic carbocycles. The van der Waals surface area contributed by atoms with E-state index < -0.39 is 9.84 Å². The van der Waals surface area contributed by atoms with E-state index in [0.717, 1.165) is 11.8 Å². The van der Waals surface area contributed by atoms with Gasteiger partial charge in [0.15, 0.2) is 5.78 Å². The predicted octanol–water partition coefficient (Wildman–Crippen LogP) is 0.883. The lowest BCUT2D eigenvalue weighted by atomic mass is 10.1. The topological polar surface area (TPSA) is 81.9 Å². The Hall–Kier alpha value is -2.02. The van der Waals surface area contributed by atoms with E-state index in [-0.39, 0.29) is 17.5 Å². The van der Waals surface area contributed by atoms with Crippen molar-refractivity contribution in [3.05, 3.63) is 42.2 Å². The summed E-state index contributed by atoms with van der Waals surface area (Å²) in [5.41, 5.74) is 1.09. The summed E-state index contributed by atoms with van der Waals surface area (Å²) in [4.78, 5) is 15.5. The molecule has 1 aromatic heterocycles. The van der Waals surface area contributed by atoms with Gasteiger partial charge in [-0.2, -0.15) is 0 Å². The van der Waals surface area contributed by atoms with Crippen LogP contribution < -0.4 is 0 Å². The van der Waals surface area contributed by atoms with E-state index in [0.29, 0.717) is 12.8 Å². The maximum absolute atomic E-state index is 11.8. The maximum atomic E-state index is 11.8. The molecule has 0 spiro atoms. The van der Waals surface area contributed by atoms with E-state index in [1.165, 1.54) is 11.0 Å². The van der Waals surface area contributed by atoms with E-state index in [9.17, 15) is 13.2 Å². The second-order valence-corrected chi connectivity index (χ2v) is 6.43. The molecule has 0 N–H and O–H groups in total. The second kappa shape index (κ2) is 5.96. The third kappa shape index (κ3) is 3.99. The summed E-state index contributed by atoms with van der Waals surface area (Å²) in [6.45, 7) is 0.0371. The summed E-state index contributed by atoms with van der Waals surface area (Å²) in [7, 11) is -3.43. The standard InChI is InChI=1S/C13H15N3O3S/c1-20(18,19)13-14-10-16(15-13)9-12(17)8-7-11-5-3-2-4-6-11/h2-6,10H,7-9H2,1H3. The van der Waals surface area contributed by atoms with E-state index in [1.54, 1.807) is 0 Å². The van der Waals surface area contributed by atoms with Crippen LogP contribution in [0.2, 0.25) is 0 Å². The zero-order chi connectivity index (χ0) is 14.6. The summed E-state index contributed by atoms with van der Waals surface area (Å²) in [6.07, 6.45) is 3.34. The van der Waals surface area contributed by atoms with Crippen molar-refractivity contribution in [1.29, 1.82) is 0 Å². The molecule has 0 amide bonds. The SMILES string of the molecule is CS(=O)(=O)c1ncn(CC(=O)CCc2ccccc2)n1. The molecular weight excluding hydrogens is 278 g/mol. The molecule has 1 aromatic carbocycles. The summed E-state index contributed by atoms with van der Waals surface area (Å²) < 4.78 is 23.7. The molecule has 2 rings (SSSR count). The van der Waals surface area contributed by atoms with Crippen molar-refractivity contribution in [1.82, 2.24) is 14.8 Å². The molecule has 106 valence electrons. The highest BCUT2D eigenvalue weighted by Gasteiger charge is 2.14. The highest BCUT2D eigenvalue weighted by atomic mass is 32.2. The van der Waals surface area contributed by atoms with Crippen molar-refractivity contribution in [2.24, 2.45) is 0 Å². The number of sulfone groups is 1. The van der Waals surface area contributed by atoms with Crippen LogP contribution >= 0.6 is 0 Å². The van der Waals surface area contributed by atoms with Crippen LogP contribution in [0.5, 0.6) is 0 Å². The van der Waals surface area contributed by atoms with Gasteiger partial charge in [-0.15, -0.1) is 5.10 Å². The number of rotatable bonds is 6. The Labute approximate surface area is 117 Å². The minimum atomic E-state index is -3.43. The second-order valence-electron chi connectivity index (χ2n) is 4.52. The minimum absolute atomic E-state index is 0.0150. The maximum Gasteiger partial charge on any atom is 0.266 e. The fourth-order valence-corrected chi connectivity index (χ4v) is 2.20. The largest absolute Gasteiger partial charge is 0.298 e. The number of carbonyl (C=O) groups is 1. The molecular formula is C13H15N3O3S. The Morgan fingerprint density at radius 1 is 1.25 bits per heavy atom. The van der Waals surface area contributed by atoms with Crippen LogP contribution in [0.1, 0.15) is 12.0 Å². The van der Waals surface area contributed by atoms with Gasteiger partial charge in [0.2, 0.25) is 9.84 Å². The van der Waals surface area contributed by atoms with Crippen molar-refractivity contribution in [3.63, 3.8) is 0 Å². The van der Waals surface area contributed by atoms with Crippen LogP contribution in [0.4, 0.5) is 0 Å². The van der Waals surface area contributed by atoms with Gasteiger partial charge < -0.3 is 0 Å². The van der Waals surface area contributed by atoms with Crippen LogP contribution in [-0.2, 0) is 27.6 Å². The molecule has 20 heavy (non-hydrogen) atoms. The zero-order valence-electron chi connectivity index (χ0n) is 11.1. The van der Waals surface area contributed by atoms with Gasteiger partial charge in [0, 0.05) is 12.7 Å². The predicted molar refractivity (Wildman–Crippen MR) is 72.9 cm³/mol. The first-order valence-corrected chi connectivity index (χ1v) is 7.99. The first kappa shape index (κ1) is 14.4. The summed E-state index contributed by atoms with van der Waals surface area (Å²) >= 11 is 0. The highest BCUT2D eigenvalue weighted by Crippen LogP contribution is 2.04. The minimum Gasteiger partial charge on any atom is -0.298 e. The first-order chi connectivity index (χ1) is 9.45. The molecule has 0 radical (unpaired) electrons. The molecule has 2 aromatic rings. The molecule has 7 heteroatoms. The lowest BCUT2D eigenvalue weighted by molar-refractivity contribution is -0.119. The Morgan fingerprint density at radius 2 is 1.95 bits per heavy atom. The quantitative estimate of drug-likeness (QED) is 0.789. The van der Waals surface area contributed by atoms with Gasteiger partial charge in [0.05, 0.1) is 0 Å². The van der Waals surface area contributed by atoms with Crippen molar-refractivity contribution in [2.75, 3.05) is 6.26 Å². The summed E-state index contributed by atoms with van der Waals surface area (Å²) in [5, 5.41) is 3.52. The van der Waals surface area contributed by atoms with E-state index >= 15 is 0 Å². The molecule has 0 aliphatic rings. The highest BCUT2D eigenvalue weighted by molar-refractivity contribution is 7.90. The zero-order valence-corrected chi connectivity index (χ0v) is 11.9. The van der Waals surface area contributed by atoms with Gasteiger partial charge in [-0.05, 0) is 12.0 Å². The van der Waals surface area contributed by atoms with Crippen molar-refractivity contribution >= 4 is 15.6 Å². The fraction of sp³-hybridized carbons (Fsp3) is 0.308. The van der Waals surface area contributed by atoms with Gasteiger partial charge in [-0.25, -0.2) is 18.1 Å². The lowest BCUT2D eigenvalue weighted by Crippen LogP contribution is -2.12. The van der Waals surface area contributed by atoms with Crippen LogP contribution in [0.25, 0.3) is 0 Å². The molecule has 1 heterocycles. The normalized spacial score (nSPS) is 11.4. The number of carbonyl (C=O) groups excluding carboxylic acids is 1. The average molecular weight is 293 g/mol. The van der Waals surface area contributed by atoms with Crippen molar-refractivity contribution in [3.8, 4) is 0 Å². The first-order valence-electron chi connectivity index (χ1n) is 6.10. The number of aryl methyl sites for hydroxylation is 1. The average Bonchev–Trinajstić information content (AvgIpc) is 2.86. The Bertz CT molecular complexity index is 693. The van der Waals surface area contributed by atoms with Gasteiger partial charge in [0.1, 0.15) is 12.9 Å². The number of Topliss-reactive ketones (excluding diaryl/α,β-unsaturated/α-hetero) is 1. The van der Waals surface area contributed by atoms with E-state index in [4.69, 9.17) is 0 Å². The molecule has 0 saturated carbocycles. The summed E-state index contributed by atoms with van der Waals surface area (Å²) in [5.74, 6) is -0.0150. The molecule has 0 unspecified atom stereocenters. The molecule has 6 nitrogen and oxygen atoms in total. The third-order valence-corrected chi connectivity index (χ3v) is 3.57. The number of hydrogen-bond donors (Lipinski definition) is 0. The monoisotopic (exact) mass is 293 g/mol. The Balaban J connectivity index is 1.90.